The molecule has 1 N–H and O–H groups in total. The number of hydrogen-bond acceptors (Lipinski definition) is 6. The molecule has 0 bridgehead atoms. The zero-order chi connectivity index (χ0) is 17.1. The first-order valence-corrected chi connectivity index (χ1v) is 8.38. The van der Waals surface area contributed by atoms with Crippen LogP contribution in [-0.4, -0.2) is 32.6 Å². The minimum Gasteiger partial charge on any atom is -0.461 e. The summed E-state index contributed by atoms with van der Waals surface area (Å²) in [6.07, 6.45) is 3.38. The SMILES string of the molecule is CCOC(=O)c1nn(-c2ccccc2)cc1/C=C1\SC(=O)NC1=S. The van der Waals surface area contributed by atoms with Crippen LogP contribution in [0.1, 0.15) is 23.0 Å². The van der Waals surface area contributed by atoms with E-state index in [1.807, 2.05) is 30.3 Å². The number of thioether (sulfide) groups is 1. The molecule has 0 radical (unpaired) electrons. The van der Waals surface area contributed by atoms with E-state index in [9.17, 15) is 9.59 Å². The Bertz CT molecular complexity index is 844. The smallest absolute Gasteiger partial charge is 0.359 e. The summed E-state index contributed by atoms with van der Waals surface area (Å²) in [5, 5.41) is 6.63. The molecule has 2 aromatic rings. The van der Waals surface area contributed by atoms with E-state index in [1.54, 1.807) is 23.9 Å². The first-order chi connectivity index (χ1) is 11.6. The van der Waals surface area contributed by atoms with Gasteiger partial charge in [0.05, 0.1) is 17.2 Å². The molecule has 1 aliphatic rings. The summed E-state index contributed by atoms with van der Waals surface area (Å²) in [7, 11) is 0. The number of esters is 1. The second-order valence-corrected chi connectivity index (χ2v) is 6.21. The van der Waals surface area contributed by atoms with E-state index in [1.165, 1.54) is 0 Å². The molecule has 0 unspecified atom stereocenters. The molecular weight excluding hydrogens is 346 g/mol. The van der Waals surface area contributed by atoms with Crippen molar-refractivity contribution < 1.29 is 14.3 Å². The number of benzene rings is 1. The van der Waals surface area contributed by atoms with Gasteiger partial charge < -0.3 is 10.1 Å². The van der Waals surface area contributed by atoms with Gasteiger partial charge in [0, 0.05) is 11.8 Å². The van der Waals surface area contributed by atoms with Crippen molar-refractivity contribution in [2.75, 3.05) is 6.61 Å². The van der Waals surface area contributed by atoms with Crippen LogP contribution in [-0.2, 0) is 4.74 Å². The zero-order valence-corrected chi connectivity index (χ0v) is 14.3. The van der Waals surface area contributed by atoms with Gasteiger partial charge >= 0.3 is 5.97 Å². The van der Waals surface area contributed by atoms with Crippen molar-refractivity contribution in [2.45, 2.75) is 6.92 Å². The Hall–Kier alpha value is -2.45. The van der Waals surface area contributed by atoms with Crippen LogP contribution >= 0.6 is 24.0 Å². The van der Waals surface area contributed by atoms with Crippen LogP contribution in [0.25, 0.3) is 11.8 Å². The van der Waals surface area contributed by atoms with Gasteiger partial charge in [-0.25, -0.2) is 9.48 Å². The van der Waals surface area contributed by atoms with Gasteiger partial charge in [-0.2, -0.15) is 5.10 Å². The maximum absolute atomic E-state index is 12.2. The van der Waals surface area contributed by atoms with Crippen molar-refractivity contribution in [1.82, 2.24) is 15.1 Å². The molecule has 0 aliphatic carbocycles. The quantitative estimate of drug-likeness (QED) is 0.513. The maximum Gasteiger partial charge on any atom is 0.359 e. The largest absolute Gasteiger partial charge is 0.461 e. The Balaban J connectivity index is 2.05. The van der Waals surface area contributed by atoms with Crippen molar-refractivity contribution in [3.05, 3.63) is 52.7 Å². The predicted molar refractivity (Wildman–Crippen MR) is 96.2 cm³/mol. The van der Waals surface area contributed by atoms with Gasteiger partial charge in [-0.3, -0.25) is 4.79 Å². The van der Waals surface area contributed by atoms with E-state index in [4.69, 9.17) is 17.0 Å². The summed E-state index contributed by atoms with van der Waals surface area (Å²) in [5.41, 5.74) is 1.53. The summed E-state index contributed by atoms with van der Waals surface area (Å²) < 4.78 is 6.66. The molecule has 1 aliphatic heterocycles. The number of carbonyl (C=O) groups excluding carboxylic acids is 2. The molecule has 1 aromatic heterocycles. The molecule has 2 heterocycles. The van der Waals surface area contributed by atoms with Crippen LogP contribution < -0.4 is 5.32 Å². The molecule has 6 nitrogen and oxygen atoms in total. The van der Waals surface area contributed by atoms with Gasteiger partial charge in [0.25, 0.3) is 5.24 Å². The minimum absolute atomic E-state index is 0.177. The molecule has 1 fully saturated rings. The van der Waals surface area contributed by atoms with Crippen LogP contribution in [0.5, 0.6) is 0 Å². The lowest BCUT2D eigenvalue weighted by molar-refractivity contribution is 0.0518. The van der Waals surface area contributed by atoms with Gasteiger partial charge in [-0.1, -0.05) is 30.4 Å². The van der Waals surface area contributed by atoms with Gasteiger partial charge in [0.15, 0.2) is 5.69 Å². The standard InChI is InChI=1S/C16H13N3O3S2/c1-2-22-15(20)13-10(8-12-14(23)17-16(21)24-12)9-19(18-13)11-6-4-3-5-7-11/h3-9H,2H2,1H3,(H,17,21,23)/b12-8-. The van der Waals surface area contributed by atoms with Crippen molar-refractivity contribution in [1.29, 1.82) is 0 Å². The summed E-state index contributed by atoms with van der Waals surface area (Å²) in [6.45, 7) is 1.98. The van der Waals surface area contributed by atoms with E-state index >= 15 is 0 Å². The Kier molecular flexibility index (Phi) is 4.77. The van der Waals surface area contributed by atoms with Crippen molar-refractivity contribution in [3.8, 4) is 5.69 Å². The third kappa shape index (κ3) is 3.39. The molecule has 24 heavy (non-hydrogen) atoms. The number of para-hydroxylation sites is 1. The first kappa shape index (κ1) is 16.4. The van der Waals surface area contributed by atoms with Gasteiger partial charge in [-0.15, -0.1) is 0 Å². The second kappa shape index (κ2) is 6.98. The fraction of sp³-hybridized carbons (Fsp3) is 0.125. The van der Waals surface area contributed by atoms with Crippen LogP contribution in [0.2, 0.25) is 0 Å². The molecule has 3 rings (SSSR count). The maximum atomic E-state index is 12.2. The zero-order valence-electron chi connectivity index (χ0n) is 12.7. The van der Waals surface area contributed by atoms with Gasteiger partial charge in [0.2, 0.25) is 0 Å². The number of carbonyl (C=O) groups is 2. The Morgan fingerprint density at radius 3 is 2.79 bits per heavy atom. The number of nitrogens with one attached hydrogen (secondary N) is 1. The molecule has 122 valence electrons. The number of aromatic nitrogens is 2. The summed E-state index contributed by atoms with van der Waals surface area (Å²) in [5.74, 6) is -0.521. The number of amides is 1. The average Bonchev–Trinajstić information content (AvgIpc) is 3.12. The van der Waals surface area contributed by atoms with Crippen LogP contribution in [0.3, 0.4) is 0 Å². The molecule has 0 saturated carbocycles. The highest BCUT2D eigenvalue weighted by Gasteiger charge is 2.24. The number of rotatable bonds is 4. The Morgan fingerprint density at radius 1 is 1.42 bits per heavy atom. The third-order valence-electron chi connectivity index (χ3n) is 3.16. The molecule has 8 heteroatoms. The normalized spacial score (nSPS) is 15.6. The molecular formula is C16H13N3O3S2. The van der Waals surface area contributed by atoms with E-state index < -0.39 is 5.97 Å². The van der Waals surface area contributed by atoms with Gasteiger partial charge in [-0.05, 0) is 36.9 Å². The van der Waals surface area contributed by atoms with Crippen LogP contribution in [0, 0.1) is 0 Å². The lowest BCUT2D eigenvalue weighted by atomic mass is 10.2. The lowest BCUT2D eigenvalue weighted by Crippen LogP contribution is -2.16. The Morgan fingerprint density at radius 2 is 2.17 bits per heavy atom. The highest BCUT2D eigenvalue weighted by Crippen LogP contribution is 2.28. The van der Waals surface area contributed by atoms with E-state index in [2.05, 4.69) is 10.4 Å². The summed E-state index contributed by atoms with van der Waals surface area (Å²) in [4.78, 5) is 24.5. The minimum atomic E-state index is -0.521. The van der Waals surface area contributed by atoms with Crippen LogP contribution in [0.15, 0.2) is 41.4 Å². The number of hydrogen-bond donors (Lipinski definition) is 1. The highest BCUT2D eigenvalue weighted by atomic mass is 32.2. The Labute approximate surface area is 147 Å². The summed E-state index contributed by atoms with van der Waals surface area (Å²) in [6, 6.07) is 9.40. The molecule has 1 aromatic carbocycles. The molecule has 0 spiro atoms. The lowest BCUT2D eigenvalue weighted by Gasteiger charge is -2.00. The molecule has 0 atom stereocenters. The topological polar surface area (TPSA) is 73.2 Å². The average molecular weight is 359 g/mol. The number of nitrogens with zero attached hydrogens (tertiary/aromatic N) is 2. The van der Waals surface area contributed by atoms with Crippen molar-refractivity contribution >= 4 is 46.3 Å². The molecule has 1 saturated heterocycles. The third-order valence-corrected chi connectivity index (χ3v) is 4.44. The van der Waals surface area contributed by atoms with Crippen molar-refractivity contribution in [3.63, 3.8) is 0 Å². The molecule has 1 amide bonds. The second-order valence-electron chi connectivity index (χ2n) is 4.79. The predicted octanol–water partition coefficient (Wildman–Crippen LogP) is 3.17. The highest BCUT2D eigenvalue weighted by molar-refractivity contribution is 8.19. The fourth-order valence-electron chi connectivity index (χ4n) is 2.13. The van der Waals surface area contributed by atoms with Crippen LogP contribution in [0.4, 0.5) is 4.79 Å². The summed E-state index contributed by atoms with van der Waals surface area (Å²) >= 11 is 6.10. The number of ether oxygens (including phenoxy) is 1. The van der Waals surface area contributed by atoms with E-state index in [0.717, 1.165) is 17.4 Å². The monoisotopic (exact) mass is 359 g/mol. The van der Waals surface area contributed by atoms with E-state index in [0.29, 0.717) is 15.5 Å². The number of thiocarbonyl (C=S) groups is 1. The fourth-order valence-corrected chi connectivity index (χ4v) is 3.15. The van der Waals surface area contributed by atoms with E-state index in [-0.39, 0.29) is 17.5 Å². The van der Waals surface area contributed by atoms with Gasteiger partial charge in [0.1, 0.15) is 4.99 Å². The first-order valence-electron chi connectivity index (χ1n) is 7.15. The van der Waals surface area contributed by atoms with Crippen molar-refractivity contribution in [2.24, 2.45) is 0 Å².